The van der Waals surface area contributed by atoms with E-state index in [0.717, 1.165) is 18.8 Å². The number of nitrogen functional groups attached to an aromatic ring is 1. The summed E-state index contributed by atoms with van der Waals surface area (Å²) in [6.45, 7) is 4.08. The van der Waals surface area contributed by atoms with Gasteiger partial charge in [0.1, 0.15) is 0 Å². The molecule has 2 rings (SSSR count). The van der Waals surface area contributed by atoms with E-state index in [1.807, 2.05) is 18.2 Å². The van der Waals surface area contributed by atoms with Crippen molar-refractivity contribution in [1.29, 1.82) is 0 Å². The first-order valence-electron chi connectivity index (χ1n) is 6.32. The summed E-state index contributed by atoms with van der Waals surface area (Å²) in [4.78, 5) is 2.30. The molecule has 2 atom stereocenters. The predicted molar refractivity (Wildman–Crippen MR) is 70.8 cm³/mol. The lowest BCUT2D eigenvalue weighted by Gasteiger charge is -2.21. The minimum Gasteiger partial charge on any atom is -0.399 e. The molecule has 0 radical (unpaired) electrons. The van der Waals surface area contributed by atoms with Crippen LogP contribution in [-0.4, -0.2) is 30.7 Å². The Morgan fingerprint density at radius 2 is 2.24 bits per heavy atom. The van der Waals surface area contributed by atoms with Gasteiger partial charge in [-0.2, -0.15) is 0 Å². The van der Waals surface area contributed by atoms with Crippen LogP contribution in [0.25, 0.3) is 0 Å². The lowest BCUT2D eigenvalue weighted by atomic mass is 10.1. The van der Waals surface area contributed by atoms with Gasteiger partial charge >= 0.3 is 0 Å². The highest BCUT2D eigenvalue weighted by molar-refractivity contribution is 5.40. The maximum Gasteiger partial charge on any atom is 0.0706 e. The fraction of sp³-hybridized carbons (Fsp3) is 0.571. The van der Waals surface area contributed by atoms with Crippen LogP contribution in [-0.2, 0) is 11.3 Å². The third-order valence-corrected chi connectivity index (χ3v) is 3.24. The molecule has 1 saturated heterocycles. The molecule has 2 N–H and O–H groups in total. The fourth-order valence-corrected chi connectivity index (χ4v) is 2.43. The molecule has 3 heteroatoms. The molecule has 1 heterocycles. The molecule has 1 fully saturated rings. The molecule has 1 aliphatic heterocycles. The molecule has 3 nitrogen and oxygen atoms in total. The van der Waals surface area contributed by atoms with Crippen molar-refractivity contribution in [1.82, 2.24) is 4.90 Å². The summed E-state index contributed by atoms with van der Waals surface area (Å²) in [5.74, 6) is 0. The molecular weight excluding hydrogens is 212 g/mol. The van der Waals surface area contributed by atoms with Crippen LogP contribution in [0.4, 0.5) is 5.69 Å². The van der Waals surface area contributed by atoms with Gasteiger partial charge in [0, 0.05) is 18.8 Å². The van der Waals surface area contributed by atoms with E-state index in [1.165, 1.54) is 18.4 Å². The molecule has 1 aromatic rings. The van der Waals surface area contributed by atoms with E-state index in [-0.39, 0.29) is 0 Å². The standard InChI is InChI=1S/C14H22N2O/c1-11-6-7-14(17-11)10-16(2)9-12-4-3-5-13(15)8-12/h3-5,8,11,14H,6-7,9-10,15H2,1-2H3. The molecule has 0 amide bonds. The number of hydrogen-bond donors (Lipinski definition) is 1. The third-order valence-electron chi connectivity index (χ3n) is 3.24. The number of ether oxygens (including phenoxy) is 1. The monoisotopic (exact) mass is 234 g/mol. The Balaban J connectivity index is 1.83. The maximum absolute atomic E-state index is 5.83. The van der Waals surface area contributed by atoms with Crippen molar-refractivity contribution >= 4 is 5.69 Å². The highest BCUT2D eigenvalue weighted by Gasteiger charge is 2.22. The molecule has 2 unspecified atom stereocenters. The van der Waals surface area contributed by atoms with Crippen molar-refractivity contribution in [2.45, 2.75) is 38.5 Å². The molecule has 0 aliphatic carbocycles. The van der Waals surface area contributed by atoms with Gasteiger partial charge in [-0.25, -0.2) is 0 Å². The van der Waals surface area contributed by atoms with Crippen LogP contribution in [0.5, 0.6) is 0 Å². The molecule has 0 spiro atoms. The van der Waals surface area contributed by atoms with Gasteiger partial charge in [-0.1, -0.05) is 12.1 Å². The van der Waals surface area contributed by atoms with E-state index in [9.17, 15) is 0 Å². The van der Waals surface area contributed by atoms with Crippen LogP contribution in [0.3, 0.4) is 0 Å². The van der Waals surface area contributed by atoms with Gasteiger partial charge in [-0.3, -0.25) is 4.90 Å². The highest BCUT2D eigenvalue weighted by atomic mass is 16.5. The smallest absolute Gasteiger partial charge is 0.0706 e. The Bertz CT molecular complexity index is 367. The van der Waals surface area contributed by atoms with E-state index < -0.39 is 0 Å². The van der Waals surface area contributed by atoms with Crippen LogP contribution in [0.1, 0.15) is 25.3 Å². The van der Waals surface area contributed by atoms with Gasteiger partial charge in [0.25, 0.3) is 0 Å². The molecule has 1 aliphatic rings. The van der Waals surface area contributed by atoms with Crippen molar-refractivity contribution in [3.63, 3.8) is 0 Å². The van der Waals surface area contributed by atoms with E-state index >= 15 is 0 Å². The highest BCUT2D eigenvalue weighted by Crippen LogP contribution is 2.20. The number of rotatable bonds is 4. The molecule has 0 aromatic heterocycles. The van der Waals surface area contributed by atoms with Crippen molar-refractivity contribution in [3.05, 3.63) is 29.8 Å². The number of likely N-dealkylation sites (N-methyl/N-ethyl adjacent to an activating group) is 1. The molecule has 17 heavy (non-hydrogen) atoms. The zero-order valence-electron chi connectivity index (χ0n) is 10.7. The lowest BCUT2D eigenvalue weighted by molar-refractivity contribution is 0.0352. The number of benzene rings is 1. The van der Waals surface area contributed by atoms with Crippen molar-refractivity contribution in [2.75, 3.05) is 19.3 Å². The fourth-order valence-electron chi connectivity index (χ4n) is 2.43. The normalized spacial score (nSPS) is 24.4. The number of hydrogen-bond acceptors (Lipinski definition) is 3. The Hall–Kier alpha value is -1.06. The summed E-state index contributed by atoms with van der Waals surface area (Å²) < 4.78 is 5.83. The number of nitrogens with two attached hydrogens (primary N) is 1. The Morgan fingerprint density at radius 1 is 1.41 bits per heavy atom. The predicted octanol–water partition coefficient (Wildman–Crippen LogP) is 2.27. The van der Waals surface area contributed by atoms with Gasteiger partial charge in [-0.05, 0) is 44.5 Å². The lowest BCUT2D eigenvalue weighted by Crippen LogP contribution is -2.28. The number of nitrogens with zero attached hydrogens (tertiary/aromatic N) is 1. The molecule has 1 aromatic carbocycles. The Labute approximate surface area is 104 Å². The largest absolute Gasteiger partial charge is 0.399 e. The van der Waals surface area contributed by atoms with E-state index in [2.05, 4.69) is 24.9 Å². The van der Waals surface area contributed by atoms with Crippen molar-refractivity contribution in [3.8, 4) is 0 Å². The minimum absolute atomic E-state index is 0.399. The second kappa shape index (κ2) is 5.52. The van der Waals surface area contributed by atoms with Gasteiger partial charge in [0.15, 0.2) is 0 Å². The Morgan fingerprint density at radius 3 is 2.88 bits per heavy atom. The van der Waals surface area contributed by atoms with Crippen LogP contribution in [0, 0.1) is 0 Å². The van der Waals surface area contributed by atoms with Crippen molar-refractivity contribution < 1.29 is 4.74 Å². The zero-order valence-corrected chi connectivity index (χ0v) is 10.7. The first kappa shape index (κ1) is 12.4. The van der Waals surface area contributed by atoms with Crippen LogP contribution >= 0.6 is 0 Å². The van der Waals surface area contributed by atoms with Gasteiger partial charge in [0.05, 0.1) is 12.2 Å². The van der Waals surface area contributed by atoms with E-state index in [1.54, 1.807) is 0 Å². The molecule has 0 saturated carbocycles. The quantitative estimate of drug-likeness (QED) is 0.812. The summed E-state index contributed by atoms with van der Waals surface area (Å²) >= 11 is 0. The molecular formula is C14H22N2O. The van der Waals surface area contributed by atoms with E-state index in [4.69, 9.17) is 10.5 Å². The summed E-state index contributed by atoms with van der Waals surface area (Å²) in [6, 6.07) is 8.08. The van der Waals surface area contributed by atoms with Crippen LogP contribution < -0.4 is 5.73 Å². The second-order valence-corrected chi connectivity index (χ2v) is 5.09. The van der Waals surface area contributed by atoms with E-state index in [0.29, 0.717) is 12.2 Å². The topological polar surface area (TPSA) is 38.5 Å². The van der Waals surface area contributed by atoms with Crippen molar-refractivity contribution in [2.24, 2.45) is 0 Å². The first-order valence-corrected chi connectivity index (χ1v) is 6.32. The first-order chi connectivity index (χ1) is 8.13. The molecule has 94 valence electrons. The average Bonchev–Trinajstić information content (AvgIpc) is 2.63. The van der Waals surface area contributed by atoms with Gasteiger partial charge in [0.2, 0.25) is 0 Å². The maximum atomic E-state index is 5.83. The summed E-state index contributed by atoms with van der Waals surface area (Å²) in [7, 11) is 2.13. The van der Waals surface area contributed by atoms with Gasteiger partial charge < -0.3 is 10.5 Å². The van der Waals surface area contributed by atoms with Crippen LogP contribution in [0.15, 0.2) is 24.3 Å². The van der Waals surface area contributed by atoms with Gasteiger partial charge in [-0.15, -0.1) is 0 Å². The summed E-state index contributed by atoms with van der Waals surface area (Å²) in [6.07, 6.45) is 3.20. The Kier molecular flexibility index (Phi) is 4.02. The zero-order chi connectivity index (χ0) is 12.3. The SMILES string of the molecule is CC1CCC(CN(C)Cc2cccc(N)c2)O1. The second-order valence-electron chi connectivity index (χ2n) is 5.09. The number of anilines is 1. The third kappa shape index (κ3) is 3.72. The minimum atomic E-state index is 0.399. The summed E-state index contributed by atoms with van der Waals surface area (Å²) in [5.41, 5.74) is 7.87. The average molecular weight is 234 g/mol. The molecule has 0 bridgehead atoms. The van der Waals surface area contributed by atoms with Crippen LogP contribution in [0.2, 0.25) is 0 Å². The summed E-state index contributed by atoms with van der Waals surface area (Å²) in [5, 5.41) is 0.